The first kappa shape index (κ1) is 9.07. The van der Waals surface area contributed by atoms with Gasteiger partial charge in [-0.15, -0.1) is 6.07 Å². The molecule has 0 N–H and O–H groups in total. The van der Waals surface area contributed by atoms with E-state index in [-0.39, 0.29) is 17.1 Å². The first-order valence-electron chi connectivity index (χ1n) is 2.01. The van der Waals surface area contributed by atoms with Gasteiger partial charge < -0.3 is 6.42 Å². The number of rotatable bonds is 0. The van der Waals surface area contributed by atoms with Crippen molar-refractivity contribution >= 4 is 22.9 Å². The molecule has 0 fully saturated rings. The maximum Gasteiger partial charge on any atom is 1.00 e. The van der Waals surface area contributed by atoms with E-state index in [1.807, 2.05) is 0 Å². The third-order valence-electron chi connectivity index (χ3n) is 0.696. The summed E-state index contributed by atoms with van der Waals surface area (Å²) in [6, 6.07) is 3.52. The molecule has 50 valence electrons. The van der Waals surface area contributed by atoms with Gasteiger partial charge >= 0.3 is 17.1 Å². The zero-order chi connectivity index (χ0) is 5.98. The Kier molecular flexibility index (Phi) is 4.01. The predicted molar refractivity (Wildman–Crippen MR) is 35.6 cm³/mol. The Morgan fingerprint density at radius 2 is 2.22 bits per heavy atom. The number of hydrogen-bond donors (Lipinski definition) is 0. The van der Waals surface area contributed by atoms with Crippen molar-refractivity contribution in [3.8, 4) is 5.92 Å². The van der Waals surface area contributed by atoms with Crippen LogP contribution in [0.1, 0.15) is 4.88 Å². The molecular weight excluding hydrogens is 203 g/mol. The molecule has 0 amide bonds. The maximum absolute atomic E-state index is 6.66. The van der Waals surface area contributed by atoms with Gasteiger partial charge in [0.2, 0.25) is 0 Å². The summed E-state index contributed by atoms with van der Waals surface area (Å²) in [5.74, 6) is 2.23. The monoisotopic (exact) mass is 204 g/mol. The Hall–Kier alpha value is 0.0695. The molecule has 9 heavy (non-hydrogen) atoms. The molecule has 0 atom stereocenters. The van der Waals surface area contributed by atoms with E-state index in [0.29, 0.717) is 4.34 Å². The molecule has 1 rings (SSSR count). The molecule has 0 aliphatic heterocycles. The fraction of sp³-hybridized carbons (Fsp3) is 0. The zero-order valence-electron chi connectivity index (χ0n) is 4.24. The minimum atomic E-state index is 0. The molecule has 0 aliphatic rings. The molecule has 0 nitrogen and oxygen atoms in total. The minimum absolute atomic E-state index is 0. The normalized spacial score (nSPS) is 7.56. The van der Waals surface area contributed by atoms with Crippen molar-refractivity contribution in [2.75, 3.05) is 0 Å². The number of halogens is 1. The van der Waals surface area contributed by atoms with Crippen LogP contribution in [0.4, 0.5) is 0 Å². The van der Waals surface area contributed by atoms with Crippen LogP contribution in [-0.4, -0.2) is 0 Å². The van der Waals surface area contributed by atoms with Crippen LogP contribution in [-0.2, 0) is 17.1 Å². The molecule has 0 bridgehead atoms. The molecule has 0 radical (unpaired) electrons. The van der Waals surface area contributed by atoms with Gasteiger partial charge in [0, 0.05) is 0 Å². The molecule has 0 spiro atoms. The van der Waals surface area contributed by atoms with E-state index < -0.39 is 0 Å². The van der Waals surface area contributed by atoms with E-state index in [1.54, 1.807) is 12.1 Å². The minimum Gasteiger partial charge on any atom is -0.365 e. The molecule has 1 aromatic heterocycles. The van der Waals surface area contributed by atoms with E-state index in [2.05, 4.69) is 5.92 Å². The topological polar surface area (TPSA) is 0 Å². The van der Waals surface area contributed by atoms with Crippen LogP contribution < -0.4 is 0 Å². The Morgan fingerprint density at radius 3 is 2.44 bits per heavy atom. The molecule has 0 unspecified atom stereocenters. The summed E-state index contributed by atoms with van der Waals surface area (Å²) in [5, 5.41) is 0. The van der Waals surface area contributed by atoms with Crippen molar-refractivity contribution < 1.29 is 17.1 Å². The smallest absolute Gasteiger partial charge is 0.365 e. The fourth-order valence-corrected chi connectivity index (χ4v) is 1.23. The van der Waals surface area contributed by atoms with Crippen molar-refractivity contribution in [2.24, 2.45) is 0 Å². The van der Waals surface area contributed by atoms with E-state index in [4.69, 9.17) is 18.0 Å². The summed E-state index contributed by atoms with van der Waals surface area (Å²) < 4.78 is 0.708. The van der Waals surface area contributed by atoms with Crippen LogP contribution in [0.5, 0.6) is 0 Å². The summed E-state index contributed by atoms with van der Waals surface area (Å²) >= 11 is 6.89. The average molecular weight is 205 g/mol. The third kappa shape index (κ3) is 2.43. The Bertz CT molecular complexity index is 223. The van der Waals surface area contributed by atoms with Crippen molar-refractivity contribution in [3.05, 3.63) is 27.8 Å². The van der Waals surface area contributed by atoms with Gasteiger partial charge in [-0.25, -0.2) is 11.3 Å². The molecule has 1 aromatic rings. The van der Waals surface area contributed by atoms with Crippen LogP contribution in [0, 0.1) is 12.3 Å². The molecule has 1 heterocycles. The van der Waals surface area contributed by atoms with Crippen LogP contribution in [0.25, 0.3) is 0 Å². The zero-order valence-corrected chi connectivity index (χ0v) is 6.76. The Balaban J connectivity index is 0.000000640. The van der Waals surface area contributed by atoms with Crippen molar-refractivity contribution in [1.29, 1.82) is 0 Å². The second-order valence-corrected chi connectivity index (χ2v) is 2.94. The van der Waals surface area contributed by atoms with Crippen molar-refractivity contribution in [2.45, 2.75) is 0 Å². The van der Waals surface area contributed by atoms with Crippen LogP contribution in [0.3, 0.4) is 0 Å². The molecule has 0 aliphatic carbocycles. The second-order valence-electron chi connectivity index (χ2n) is 1.23. The molecule has 0 aromatic carbocycles. The summed E-state index contributed by atoms with van der Waals surface area (Å²) in [6.07, 6.45) is 6.66. The van der Waals surface area contributed by atoms with E-state index >= 15 is 0 Å². The van der Waals surface area contributed by atoms with Crippen LogP contribution in [0.15, 0.2) is 12.1 Å². The molecule has 0 saturated heterocycles. The Labute approximate surface area is 73.7 Å². The summed E-state index contributed by atoms with van der Waals surface area (Å²) in [4.78, 5) is 0.773. The average Bonchev–Trinajstić information content (AvgIpc) is 2.14. The summed E-state index contributed by atoms with van der Waals surface area (Å²) in [6.45, 7) is 0. The van der Waals surface area contributed by atoms with Gasteiger partial charge in [-0.3, -0.25) is 5.92 Å². The number of hydrogen-bond acceptors (Lipinski definition) is 1. The fourth-order valence-electron chi connectivity index (χ4n) is 0.381. The van der Waals surface area contributed by atoms with Gasteiger partial charge in [0.1, 0.15) is 0 Å². The van der Waals surface area contributed by atoms with Crippen molar-refractivity contribution in [3.63, 3.8) is 0 Å². The summed E-state index contributed by atoms with van der Waals surface area (Å²) in [5.41, 5.74) is 0. The van der Waals surface area contributed by atoms with Gasteiger partial charge in [0.15, 0.2) is 0 Å². The summed E-state index contributed by atoms with van der Waals surface area (Å²) in [7, 11) is 0. The quantitative estimate of drug-likeness (QED) is 0.346. The second kappa shape index (κ2) is 3.98. The van der Waals surface area contributed by atoms with E-state index in [1.165, 1.54) is 11.3 Å². The maximum atomic E-state index is 6.66. The van der Waals surface area contributed by atoms with Crippen LogP contribution in [0.2, 0.25) is 4.34 Å². The van der Waals surface area contributed by atoms with E-state index in [0.717, 1.165) is 4.88 Å². The third-order valence-corrected chi connectivity index (χ3v) is 1.84. The van der Waals surface area contributed by atoms with Gasteiger partial charge in [0.25, 0.3) is 0 Å². The first-order chi connectivity index (χ1) is 3.83. The van der Waals surface area contributed by atoms with Gasteiger partial charge in [-0.2, -0.15) is 0 Å². The van der Waals surface area contributed by atoms with Gasteiger partial charge in [0.05, 0.1) is 4.34 Å². The SMILES string of the molecule is [C-]#Cc1ccc(Cl)s1.[Cu+]. The predicted octanol–water partition coefficient (Wildman–Crippen LogP) is 2.34. The molecule has 3 heteroatoms. The Morgan fingerprint density at radius 1 is 1.56 bits per heavy atom. The molecule has 0 saturated carbocycles. The van der Waals surface area contributed by atoms with Crippen molar-refractivity contribution in [1.82, 2.24) is 0 Å². The van der Waals surface area contributed by atoms with Gasteiger partial charge in [-0.05, 0) is 0 Å². The first-order valence-corrected chi connectivity index (χ1v) is 3.20. The molecular formula is C6H2ClCuS. The standard InChI is InChI=1S/C6H2ClS.Cu/c1-2-5-3-4-6(7)8-5;/h3-4H;/q-1;+1. The van der Waals surface area contributed by atoms with E-state index in [9.17, 15) is 0 Å². The van der Waals surface area contributed by atoms with Crippen LogP contribution >= 0.6 is 22.9 Å². The van der Waals surface area contributed by atoms with Gasteiger partial charge in [-0.1, -0.05) is 22.5 Å². The largest absolute Gasteiger partial charge is 1.00 e. The number of thiophene rings is 1.